The summed E-state index contributed by atoms with van der Waals surface area (Å²) in [5.74, 6) is 0.699. The monoisotopic (exact) mass is 270 g/mol. The van der Waals surface area contributed by atoms with Crippen LogP contribution in [0.1, 0.15) is 32.1 Å². The molecule has 4 nitrogen and oxygen atoms in total. The number of aliphatic hydroxyl groups excluding tert-OH is 1. The van der Waals surface area contributed by atoms with Gasteiger partial charge in [-0.2, -0.15) is 0 Å². The molecule has 2 aliphatic rings. The average Bonchev–Trinajstić information content (AvgIpc) is 2.41. The Balaban J connectivity index is 1.88. The number of nitrogens with one attached hydrogen (secondary N) is 1. The van der Waals surface area contributed by atoms with E-state index >= 15 is 0 Å². The molecule has 19 heavy (non-hydrogen) atoms. The maximum absolute atomic E-state index is 9.12. The van der Waals surface area contributed by atoms with E-state index in [2.05, 4.69) is 17.3 Å². The largest absolute Gasteiger partial charge is 0.396 e. The number of nitrogens with zero attached hydrogens (tertiary/aromatic N) is 1. The summed E-state index contributed by atoms with van der Waals surface area (Å²) in [6.45, 7) is 6.86. The van der Waals surface area contributed by atoms with Gasteiger partial charge in [0, 0.05) is 39.5 Å². The fraction of sp³-hybridized carbons (Fsp3) is 1.00. The standard InChI is InChI=1S/C15H30N2O2/c1-16-12-15(5-9-19-10-6-15)13-17-7-2-3-14(11-17)4-8-18/h14,16,18H,2-13H2,1H3. The van der Waals surface area contributed by atoms with Crippen molar-refractivity contribution in [1.82, 2.24) is 10.2 Å². The third-order valence-electron chi connectivity index (χ3n) is 4.80. The fourth-order valence-electron chi connectivity index (χ4n) is 3.76. The third kappa shape index (κ3) is 4.42. The highest BCUT2D eigenvalue weighted by Crippen LogP contribution is 2.32. The minimum Gasteiger partial charge on any atom is -0.396 e. The van der Waals surface area contributed by atoms with Crippen LogP contribution in [0.2, 0.25) is 0 Å². The number of hydrogen-bond acceptors (Lipinski definition) is 4. The van der Waals surface area contributed by atoms with Gasteiger partial charge in [-0.25, -0.2) is 0 Å². The molecule has 0 aromatic rings. The van der Waals surface area contributed by atoms with E-state index in [0.29, 0.717) is 17.9 Å². The summed E-state index contributed by atoms with van der Waals surface area (Å²) in [7, 11) is 2.06. The lowest BCUT2D eigenvalue weighted by Crippen LogP contribution is -2.49. The Morgan fingerprint density at radius 3 is 2.84 bits per heavy atom. The molecule has 4 heteroatoms. The highest BCUT2D eigenvalue weighted by Gasteiger charge is 2.35. The number of piperidine rings is 1. The van der Waals surface area contributed by atoms with Crippen LogP contribution in [0.5, 0.6) is 0 Å². The Morgan fingerprint density at radius 1 is 1.37 bits per heavy atom. The van der Waals surface area contributed by atoms with E-state index < -0.39 is 0 Å². The number of aliphatic hydroxyl groups is 1. The predicted octanol–water partition coefficient (Wildman–Crippen LogP) is 1.10. The summed E-state index contributed by atoms with van der Waals surface area (Å²) < 4.78 is 5.54. The summed E-state index contributed by atoms with van der Waals surface area (Å²) >= 11 is 0. The van der Waals surface area contributed by atoms with Gasteiger partial charge in [0.15, 0.2) is 0 Å². The highest BCUT2D eigenvalue weighted by molar-refractivity contribution is 4.88. The Labute approximate surface area is 117 Å². The number of rotatable bonds is 6. The molecule has 0 saturated carbocycles. The lowest BCUT2D eigenvalue weighted by atomic mass is 9.78. The number of ether oxygens (including phenoxy) is 1. The van der Waals surface area contributed by atoms with E-state index in [1.165, 1.54) is 45.3 Å². The average molecular weight is 270 g/mol. The van der Waals surface area contributed by atoms with Crippen molar-refractivity contribution < 1.29 is 9.84 Å². The first-order chi connectivity index (χ1) is 9.28. The van der Waals surface area contributed by atoms with Crippen molar-refractivity contribution in [2.24, 2.45) is 11.3 Å². The fourth-order valence-corrected chi connectivity index (χ4v) is 3.76. The van der Waals surface area contributed by atoms with Crippen LogP contribution in [0.4, 0.5) is 0 Å². The van der Waals surface area contributed by atoms with Crippen molar-refractivity contribution in [3.63, 3.8) is 0 Å². The summed E-state index contributed by atoms with van der Waals surface area (Å²) in [6, 6.07) is 0. The molecule has 1 atom stereocenters. The molecule has 2 rings (SSSR count). The van der Waals surface area contributed by atoms with Crippen LogP contribution in [0, 0.1) is 11.3 Å². The van der Waals surface area contributed by atoms with Gasteiger partial charge in [-0.3, -0.25) is 0 Å². The van der Waals surface area contributed by atoms with Crippen molar-refractivity contribution >= 4 is 0 Å². The van der Waals surface area contributed by atoms with E-state index in [9.17, 15) is 0 Å². The minimum atomic E-state index is 0.341. The van der Waals surface area contributed by atoms with Gasteiger partial charge >= 0.3 is 0 Å². The van der Waals surface area contributed by atoms with E-state index in [0.717, 1.165) is 26.2 Å². The molecule has 2 fully saturated rings. The summed E-state index contributed by atoms with van der Waals surface area (Å²) in [4.78, 5) is 2.63. The molecule has 0 amide bonds. The van der Waals surface area contributed by atoms with Gasteiger partial charge < -0.3 is 20.1 Å². The Bertz CT molecular complexity index is 247. The first-order valence-corrected chi connectivity index (χ1v) is 7.83. The van der Waals surface area contributed by atoms with Gasteiger partial charge in [0.05, 0.1) is 0 Å². The molecule has 0 radical (unpaired) electrons. The lowest BCUT2D eigenvalue weighted by Gasteiger charge is -2.43. The van der Waals surface area contributed by atoms with E-state index in [1.807, 2.05) is 0 Å². The topological polar surface area (TPSA) is 44.7 Å². The SMILES string of the molecule is CNCC1(CN2CCCC(CCO)C2)CCOCC1. The normalized spacial score (nSPS) is 28.4. The van der Waals surface area contributed by atoms with Crippen LogP contribution < -0.4 is 5.32 Å². The van der Waals surface area contributed by atoms with Gasteiger partial charge in [0.25, 0.3) is 0 Å². The highest BCUT2D eigenvalue weighted by atomic mass is 16.5. The van der Waals surface area contributed by atoms with E-state index in [4.69, 9.17) is 9.84 Å². The predicted molar refractivity (Wildman–Crippen MR) is 77.3 cm³/mol. The molecule has 2 N–H and O–H groups in total. The maximum Gasteiger partial charge on any atom is 0.0472 e. The molecule has 112 valence electrons. The quantitative estimate of drug-likeness (QED) is 0.758. The van der Waals surface area contributed by atoms with Gasteiger partial charge in [-0.05, 0) is 57.0 Å². The number of hydrogen-bond donors (Lipinski definition) is 2. The van der Waals surface area contributed by atoms with Gasteiger partial charge in [0.2, 0.25) is 0 Å². The first kappa shape index (κ1) is 15.2. The van der Waals surface area contributed by atoms with E-state index in [-0.39, 0.29) is 0 Å². The zero-order valence-corrected chi connectivity index (χ0v) is 12.4. The van der Waals surface area contributed by atoms with Crippen LogP contribution in [0.15, 0.2) is 0 Å². The van der Waals surface area contributed by atoms with Crippen molar-refractivity contribution in [2.45, 2.75) is 32.1 Å². The van der Waals surface area contributed by atoms with Gasteiger partial charge in [-0.1, -0.05) is 0 Å². The van der Waals surface area contributed by atoms with Crippen LogP contribution in [0.25, 0.3) is 0 Å². The zero-order valence-electron chi connectivity index (χ0n) is 12.4. The molecule has 2 heterocycles. The molecule has 0 aliphatic carbocycles. The van der Waals surface area contributed by atoms with Crippen LogP contribution in [-0.2, 0) is 4.74 Å². The van der Waals surface area contributed by atoms with Crippen LogP contribution in [-0.4, -0.2) is 63.1 Å². The molecule has 0 aromatic heterocycles. The molecular weight excluding hydrogens is 240 g/mol. The zero-order chi connectivity index (χ0) is 13.6. The minimum absolute atomic E-state index is 0.341. The molecular formula is C15H30N2O2. The summed E-state index contributed by atoms with van der Waals surface area (Å²) in [5, 5.41) is 12.5. The van der Waals surface area contributed by atoms with Crippen molar-refractivity contribution in [2.75, 3.05) is 53.0 Å². The smallest absolute Gasteiger partial charge is 0.0472 e. The van der Waals surface area contributed by atoms with E-state index in [1.54, 1.807) is 0 Å². The van der Waals surface area contributed by atoms with Crippen molar-refractivity contribution in [3.05, 3.63) is 0 Å². The Morgan fingerprint density at radius 2 is 2.16 bits per heavy atom. The lowest BCUT2D eigenvalue weighted by molar-refractivity contribution is -0.0111. The summed E-state index contributed by atoms with van der Waals surface area (Å²) in [5.41, 5.74) is 0.397. The van der Waals surface area contributed by atoms with Gasteiger partial charge in [0.1, 0.15) is 0 Å². The second-order valence-corrected chi connectivity index (χ2v) is 6.40. The molecule has 2 saturated heterocycles. The molecule has 0 aromatic carbocycles. The summed E-state index contributed by atoms with van der Waals surface area (Å²) in [6.07, 6.45) is 5.90. The molecule has 1 unspecified atom stereocenters. The maximum atomic E-state index is 9.12. The van der Waals surface area contributed by atoms with Crippen molar-refractivity contribution in [3.8, 4) is 0 Å². The number of likely N-dealkylation sites (tertiary alicyclic amines) is 1. The molecule has 0 spiro atoms. The second kappa shape index (κ2) is 7.58. The molecule has 0 bridgehead atoms. The van der Waals surface area contributed by atoms with Gasteiger partial charge in [-0.15, -0.1) is 0 Å². The third-order valence-corrected chi connectivity index (χ3v) is 4.80. The van der Waals surface area contributed by atoms with Crippen molar-refractivity contribution in [1.29, 1.82) is 0 Å². The van der Waals surface area contributed by atoms with Crippen LogP contribution in [0.3, 0.4) is 0 Å². The second-order valence-electron chi connectivity index (χ2n) is 6.40. The van der Waals surface area contributed by atoms with Crippen LogP contribution >= 0.6 is 0 Å². The first-order valence-electron chi connectivity index (χ1n) is 7.83. The molecule has 2 aliphatic heterocycles. The Kier molecular flexibility index (Phi) is 6.07. The Hall–Kier alpha value is -0.160.